The molecule has 0 radical (unpaired) electrons. The van der Waals surface area contributed by atoms with E-state index in [0.717, 1.165) is 6.42 Å². The predicted octanol–water partition coefficient (Wildman–Crippen LogP) is 3.06. The van der Waals surface area contributed by atoms with Gasteiger partial charge in [0, 0.05) is 19.3 Å². The second kappa shape index (κ2) is 6.44. The zero-order valence-corrected chi connectivity index (χ0v) is 13.0. The van der Waals surface area contributed by atoms with Crippen LogP contribution in [-0.2, 0) is 19.9 Å². The first kappa shape index (κ1) is 14.3. The molecule has 3 rings (SSSR count). The Bertz CT molecular complexity index is 588. The van der Waals surface area contributed by atoms with Gasteiger partial charge in [-0.15, -0.1) is 0 Å². The molecule has 1 aromatic heterocycles. The third-order valence-electron chi connectivity index (χ3n) is 4.77. The molecule has 0 amide bonds. The van der Waals surface area contributed by atoms with Crippen LogP contribution in [0, 0.1) is 0 Å². The summed E-state index contributed by atoms with van der Waals surface area (Å²) in [5.41, 5.74) is 4.45. The van der Waals surface area contributed by atoms with Crippen molar-refractivity contribution in [1.29, 1.82) is 0 Å². The summed E-state index contributed by atoms with van der Waals surface area (Å²) in [6.45, 7) is 0. The van der Waals surface area contributed by atoms with Gasteiger partial charge in [-0.3, -0.25) is 4.68 Å². The highest BCUT2D eigenvalue weighted by atomic mass is 15.2. The molecule has 0 aliphatic heterocycles. The standard InChI is InChI=1S/C18H25N3/c1-19-18(11-10-14-12-20-21(2)13-14)17-9-5-7-15-6-3-4-8-16(15)17/h3-4,6,8,12-13,17-19H,5,7,9-11H2,1-2H3. The summed E-state index contributed by atoms with van der Waals surface area (Å²) < 4.78 is 1.89. The molecule has 2 aromatic rings. The van der Waals surface area contributed by atoms with Gasteiger partial charge < -0.3 is 5.32 Å². The second-order valence-corrected chi connectivity index (χ2v) is 6.15. The topological polar surface area (TPSA) is 29.9 Å². The summed E-state index contributed by atoms with van der Waals surface area (Å²) in [6.07, 6.45) is 10.2. The smallest absolute Gasteiger partial charge is 0.0521 e. The van der Waals surface area contributed by atoms with Gasteiger partial charge in [-0.1, -0.05) is 24.3 Å². The number of likely N-dealkylation sites (N-methyl/N-ethyl adjacent to an activating group) is 1. The van der Waals surface area contributed by atoms with Crippen LogP contribution in [0.5, 0.6) is 0 Å². The maximum absolute atomic E-state index is 4.27. The molecule has 0 fully saturated rings. The number of rotatable bonds is 5. The first-order valence-corrected chi connectivity index (χ1v) is 8.00. The van der Waals surface area contributed by atoms with Crippen molar-refractivity contribution in [3.05, 3.63) is 53.3 Å². The summed E-state index contributed by atoms with van der Waals surface area (Å²) in [7, 11) is 4.08. The molecular weight excluding hydrogens is 258 g/mol. The van der Waals surface area contributed by atoms with Crippen molar-refractivity contribution in [3.63, 3.8) is 0 Å². The molecule has 1 N–H and O–H groups in total. The summed E-state index contributed by atoms with van der Waals surface area (Å²) in [5, 5.41) is 7.83. The van der Waals surface area contributed by atoms with Crippen LogP contribution in [0.4, 0.5) is 0 Å². The Kier molecular flexibility index (Phi) is 4.39. The minimum absolute atomic E-state index is 0.548. The molecule has 0 saturated carbocycles. The molecule has 112 valence electrons. The maximum Gasteiger partial charge on any atom is 0.0521 e. The van der Waals surface area contributed by atoms with Gasteiger partial charge in [-0.05, 0) is 61.8 Å². The third kappa shape index (κ3) is 3.18. The normalized spacial score (nSPS) is 19.2. The van der Waals surface area contributed by atoms with Crippen LogP contribution >= 0.6 is 0 Å². The van der Waals surface area contributed by atoms with Crippen LogP contribution in [0.1, 0.15) is 41.9 Å². The third-order valence-corrected chi connectivity index (χ3v) is 4.77. The van der Waals surface area contributed by atoms with Crippen molar-refractivity contribution in [2.45, 2.75) is 44.1 Å². The minimum Gasteiger partial charge on any atom is -0.316 e. The van der Waals surface area contributed by atoms with E-state index >= 15 is 0 Å². The lowest BCUT2D eigenvalue weighted by Gasteiger charge is -2.32. The van der Waals surface area contributed by atoms with Gasteiger partial charge in [0.15, 0.2) is 0 Å². The van der Waals surface area contributed by atoms with Crippen molar-refractivity contribution >= 4 is 0 Å². The number of hydrogen-bond donors (Lipinski definition) is 1. The zero-order valence-electron chi connectivity index (χ0n) is 13.0. The SMILES string of the molecule is CNC(CCc1cnn(C)c1)C1CCCc2ccccc21. The molecular formula is C18H25N3. The van der Waals surface area contributed by atoms with Gasteiger partial charge >= 0.3 is 0 Å². The molecule has 0 spiro atoms. The molecule has 0 bridgehead atoms. The molecule has 21 heavy (non-hydrogen) atoms. The van der Waals surface area contributed by atoms with E-state index in [1.807, 2.05) is 17.9 Å². The van der Waals surface area contributed by atoms with Crippen molar-refractivity contribution in [2.24, 2.45) is 7.05 Å². The number of fused-ring (bicyclic) bond motifs is 1. The molecule has 3 heteroatoms. The first-order valence-electron chi connectivity index (χ1n) is 8.00. The van der Waals surface area contributed by atoms with E-state index in [-0.39, 0.29) is 0 Å². The minimum atomic E-state index is 0.548. The Balaban J connectivity index is 1.72. The Labute approximate surface area is 127 Å². The van der Waals surface area contributed by atoms with E-state index in [4.69, 9.17) is 0 Å². The monoisotopic (exact) mass is 283 g/mol. The molecule has 0 saturated heterocycles. The lowest BCUT2D eigenvalue weighted by molar-refractivity contribution is 0.394. The van der Waals surface area contributed by atoms with Crippen LogP contribution in [0.15, 0.2) is 36.7 Å². The maximum atomic E-state index is 4.27. The quantitative estimate of drug-likeness (QED) is 0.914. The zero-order chi connectivity index (χ0) is 14.7. The number of nitrogens with zero attached hydrogens (tertiary/aromatic N) is 2. The van der Waals surface area contributed by atoms with Crippen LogP contribution in [-0.4, -0.2) is 22.9 Å². The molecule has 2 unspecified atom stereocenters. The number of aryl methyl sites for hydroxylation is 3. The highest BCUT2D eigenvalue weighted by Gasteiger charge is 2.26. The second-order valence-electron chi connectivity index (χ2n) is 6.15. The average molecular weight is 283 g/mol. The Hall–Kier alpha value is -1.61. The van der Waals surface area contributed by atoms with Crippen molar-refractivity contribution in [3.8, 4) is 0 Å². The van der Waals surface area contributed by atoms with Gasteiger partial charge in [-0.25, -0.2) is 0 Å². The number of nitrogens with one attached hydrogen (secondary N) is 1. The fraction of sp³-hybridized carbons (Fsp3) is 0.500. The van der Waals surface area contributed by atoms with Crippen molar-refractivity contribution in [1.82, 2.24) is 15.1 Å². The van der Waals surface area contributed by atoms with Crippen molar-refractivity contribution < 1.29 is 0 Å². The van der Waals surface area contributed by atoms with Crippen molar-refractivity contribution in [2.75, 3.05) is 7.05 Å². The van der Waals surface area contributed by atoms with Gasteiger partial charge in [0.05, 0.1) is 6.20 Å². The lowest BCUT2D eigenvalue weighted by atomic mass is 9.77. The van der Waals surface area contributed by atoms with Crippen LogP contribution < -0.4 is 5.32 Å². The number of aromatic nitrogens is 2. The van der Waals surface area contributed by atoms with E-state index in [9.17, 15) is 0 Å². The Morgan fingerprint density at radius 1 is 1.38 bits per heavy atom. The van der Waals surface area contributed by atoms with Crippen LogP contribution in [0.3, 0.4) is 0 Å². The summed E-state index contributed by atoms with van der Waals surface area (Å²) in [6, 6.07) is 9.53. The fourth-order valence-corrected chi connectivity index (χ4v) is 3.68. The highest BCUT2D eigenvalue weighted by Crippen LogP contribution is 2.35. The van der Waals surface area contributed by atoms with Gasteiger partial charge in [0.2, 0.25) is 0 Å². The van der Waals surface area contributed by atoms with E-state index in [2.05, 4.69) is 47.9 Å². The fourth-order valence-electron chi connectivity index (χ4n) is 3.68. The molecule has 1 aromatic carbocycles. The molecule has 1 aliphatic rings. The Morgan fingerprint density at radius 2 is 2.24 bits per heavy atom. The highest BCUT2D eigenvalue weighted by molar-refractivity contribution is 5.33. The first-order chi connectivity index (χ1) is 10.3. The molecule has 1 heterocycles. The number of benzene rings is 1. The average Bonchev–Trinajstić information content (AvgIpc) is 2.93. The summed E-state index contributed by atoms with van der Waals surface area (Å²) >= 11 is 0. The lowest BCUT2D eigenvalue weighted by Crippen LogP contribution is -2.34. The summed E-state index contributed by atoms with van der Waals surface area (Å²) in [5.74, 6) is 0.650. The molecule has 2 atom stereocenters. The van der Waals surface area contributed by atoms with E-state index < -0.39 is 0 Å². The van der Waals surface area contributed by atoms with E-state index in [1.54, 1.807) is 11.1 Å². The summed E-state index contributed by atoms with van der Waals surface area (Å²) in [4.78, 5) is 0. The van der Waals surface area contributed by atoms with Gasteiger partial charge in [0.1, 0.15) is 0 Å². The van der Waals surface area contributed by atoms with Crippen LogP contribution in [0.2, 0.25) is 0 Å². The number of hydrogen-bond acceptors (Lipinski definition) is 2. The largest absolute Gasteiger partial charge is 0.316 e. The van der Waals surface area contributed by atoms with E-state index in [0.29, 0.717) is 12.0 Å². The molecule has 1 aliphatic carbocycles. The Morgan fingerprint density at radius 3 is 3.00 bits per heavy atom. The van der Waals surface area contributed by atoms with Crippen LogP contribution in [0.25, 0.3) is 0 Å². The molecule has 3 nitrogen and oxygen atoms in total. The van der Waals surface area contributed by atoms with Gasteiger partial charge in [0.25, 0.3) is 0 Å². The van der Waals surface area contributed by atoms with E-state index in [1.165, 1.54) is 31.2 Å². The predicted molar refractivity (Wildman–Crippen MR) is 86.5 cm³/mol. The van der Waals surface area contributed by atoms with Gasteiger partial charge in [-0.2, -0.15) is 5.10 Å².